The van der Waals surface area contributed by atoms with Gasteiger partial charge in [0.1, 0.15) is 5.00 Å². The van der Waals surface area contributed by atoms with E-state index in [0.29, 0.717) is 13.1 Å². The third-order valence-electron chi connectivity index (χ3n) is 4.36. The van der Waals surface area contributed by atoms with Crippen molar-refractivity contribution in [2.45, 2.75) is 31.8 Å². The molecule has 1 aliphatic carbocycles. The van der Waals surface area contributed by atoms with Crippen molar-refractivity contribution >= 4 is 17.2 Å². The standard InChI is InChI=1S/C16H18N2O2S/c19-11-9-18(10-11)15(20)14-12-5-1-2-6-13(12)21-16(14)17-7-3-4-8-17/h3-4,7-8,11,19H,1-2,5-6,9-10H2. The highest BCUT2D eigenvalue weighted by molar-refractivity contribution is 7.15. The fraction of sp³-hybridized carbons (Fsp3) is 0.438. The van der Waals surface area contributed by atoms with Gasteiger partial charge in [-0.1, -0.05) is 0 Å². The number of β-amino-alcohol motifs (C(OH)–C–C–N with tert-alkyl or cyclic N) is 1. The molecule has 5 heteroatoms. The number of carbonyl (C=O) groups is 1. The predicted molar refractivity (Wildman–Crippen MR) is 82.2 cm³/mol. The summed E-state index contributed by atoms with van der Waals surface area (Å²) in [5, 5.41) is 10.5. The minimum absolute atomic E-state index is 0.0865. The normalized spacial score (nSPS) is 18.4. The van der Waals surface area contributed by atoms with Gasteiger partial charge in [0.25, 0.3) is 5.91 Å². The highest BCUT2D eigenvalue weighted by atomic mass is 32.1. The number of aliphatic hydroxyl groups excluding tert-OH is 1. The second-order valence-electron chi connectivity index (χ2n) is 5.85. The number of hydrogen-bond acceptors (Lipinski definition) is 3. The Bertz CT molecular complexity index is 669. The summed E-state index contributed by atoms with van der Waals surface area (Å²) in [6.07, 6.45) is 8.12. The number of aromatic nitrogens is 1. The van der Waals surface area contributed by atoms with Crippen LogP contribution in [0.4, 0.5) is 0 Å². The Kier molecular flexibility index (Phi) is 3.12. The Morgan fingerprint density at radius 1 is 1.19 bits per heavy atom. The van der Waals surface area contributed by atoms with E-state index in [1.807, 2.05) is 29.1 Å². The summed E-state index contributed by atoms with van der Waals surface area (Å²) in [5.41, 5.74) is 2.12. The number of carbonyl (C=O) groups excluding carboxylic acids is 1. The molecule has 3 heterocycles. The third kappa shape index (κ3) is 2.12. The Labute approximate surface area is 127 Å². The lowest BCUT2D eigenvalue weighted by atomic mass is 9.94. The summed E-state index contributed by atoms with van der Waals surface area (Å²) in [6, 6.07) is 3.97. The van der Waals surface area contributed by atoms with Gasteiger partial charge in [-0.3, -0.25) is 4.79 Å². The second kappa shape index (κ2) is 5.00. The number of aliphatic hydroxyl groups is 1. The molecule has 0 bridgehead atoms. The first kappa shape index (κ1) is 13.1. The third-order valence-corrected chi connectivity index (χ3v) is 5.66. The second-order valence-corrected chi connectivity index (χ2v) is 6.93. The molecule has 1 aliphatic heterocycles. The highest BCUT2D eigenvalue weighted by Gasteiger charge is 2.34. The predicted octanol–water partition coefficient (Wildman–Crippen LogP) is 2.23. The first-order valence-corrected chi connectivity index (χ1v) is 8.31. The molecule has 1 saturated heterocycles. The summed E-state index contributed by atoms with van der Waals surface area (Å²) in [5.74, 6) is 0.0865. The molecule has 2 aromatic heterocycles. The zero-order valence-electron chi connectivity index (χ0n) is 11.8. The number of hydrogen-bond donors (Lipinski definition) is 1. The van der Waals surface area contributed by atoms with Crippen molar-refractivity contribution in [1.82, 2.24) is 9.47 Å². The first-order chi connectivity index (χ1) is 10.2. The van der Waals surface area contributed by atoms with Crippen LogP contribution in [0.5, 0.6) is 0 Å². The lowest BCUT2D eigenvalue weighted by Gasteiger charge is -2.36. The van der Waals surface area contributed by atoms with Gasteiger partial charge in [-0.05, 0) is 43.4 Å². The summed E-state index contributed by atoms with van der Waals surface area (Å²) >= 11 is 1.75. The van der Waals surface area contributed by atoms with Gasteiger partial charge in [-0.15, -0.1) is 11.3 Å². The van der Waals surface area contributed by atoms with E-state index in [2.05, 4.69) is 0 Å². The molecule has 21 heavy (non-hydrogen) atoms. The van der Waals surface area contributed by atoms with Crippen LogP contribution in [0.25, 0.3) is 5.00 Å². The molecule has 0 unspecified atom stereocenters. The van der Waals surface area contributed by atoms with E-state index >= 15 is 0 Å². The smallest absolute Gasteiger partial charge is 0.257 e. The number of nitrogens with zero attached hydrogens (tertiary/aromatic N) is 2. The summed E-state index contributed by atoms with van der Waals surface area (Å²) in [7, 11) is 0. The number of amides is 1. The molecule has 0 saturated carbocycles. The number of rotatable bonds is 2. The van der Waals surface area contributed by atoms with E-state index in [0.717, 1.165) is 29.8 Å². The van der Waals surface area contributed by atoms with Crippen molar-refractivity contribution in [3.8, 4) is 5.00 Å². The topological polar surface area (TPSA) is 45.5 Å². The van der Waals surface area contributed by atoms with Crippen molar-refractivity contribution in [3.63, 3.8) is 0 Å². The van der Waals surface area contributed by atoms with Crippen LogP contribution in [0.2, 0.25) is 0 Å². The number of thiophene rings is 1. The molecule has 110 valence electrons. The van der Waals surface area contributed by atoms with Crippen LogP contribution < -0.4 is 0 Å². The zero-order valence-corrected chi connectivity index (χ0v) is 12.6. The summed E-state index contributed by atoms with van der Waals surface area (Å²) in [6.45, 7) is 0.934. The van der Waals surface area contributed by atoms with Crippen molar-refractivity contribution in [1.29, 1.82) is 0 Å². The van der Waals surface area contributed by atoms with E-state index in [1.165, 1.54) is 16.9 Å². The first-order valence-electron chi connectivity index (χ1n) is 7.49. The van der Waals surface area contributed by atoms with Gasteiger partial charge in [0.15, 0.2) is 0 Å². The molecule has 0 spiro atoms. The molecule has 2 aromatic rings. The maximum Gasteiger partial charge on any atom is 0.257 e. The van der Waals surface area contributed by atoms with Gasteiger partial charge >= 0.3 is 0 Å². The van der Waals surface area contributed by atoms with Gasteiger partial charge in [-0.25, -0.2) is 0 Å². The number of fused-ring (bicyclic) bond motifs is 1. The number of aryl methyl sites for hydroxylation is 1. The van der Waals surface area contributed by atoms with Crippen molar-refractivity contribution in [2.75, 3.05) is 13.1 Å². The fourth-order valence-corrected chi connectivity index (χ4v) is 4.55. The summed E-state index contributed by atoms with van der Waals surface area (Å²) < 4.78 is 2.05. The molecule has 1 fully saturated rings. The van der Waals surface area contributed by atoms with Crippen LogP contribution in [0.3, 0.4) is 0 Å². The van der Waals surface area contributed by atoms with E-state index in [1.54, 1.807) is 16.2 Å². The molecule has 0 aromatic carbocycles. The maximum atomic E-state index is 12.8. The van der Waals surface area contributed by atoms with Crippen LogP contribution in [0, 0.1) is 0 Å². The SMILES string of the molecule is O=C(c1c(-n2cccc2)sc2c1CCCC2)N1CC(O)C1. The molecule has 4 nitrogen and oxygen atoms in total. The molecule has 0 radical (unpaired) electrons. The van der Waals surface area contributed by atoms with E-state index in [4.69, 9.17) is 0 Å². The fourth-order valence-electron chi connectivity index (χ4n) is 3.20. The van der Waals surface area contributed by atoms with Crippen LogP contribution in [0.15, 0.2) is 24.5 Å². The van der Waals surface area contributed by atoms with Gasteiger partial charge in [0, 0.05) is 30.4 Å². The van der Waals surface area contributed by atoms with Crippen LogP contribution in [0.1, 0.15) is 33.6 Å². The highest BCUT2D eigenvalue weighted by Crippen LogP contribution is 2.38. The number of likely N-dealkylation sites (tertiary alicyclic amines) is 1. The monoisotopic (exact) mass is 302 g/mol. The molecule has 1 amide bonds. The van der Waals surface area contributed by atoms with Crippen molar-refractivity contribution < 1.29 is 9.90 Å². The lowest BCUT2D eigenvalue weighted by molar-refractivity contribution is 0.00584. The van der Waals surface area contributed by atoms with E-state index in [-0.39, 0.29) is 12.0 Å². The maximum absolute atomic E-state index is 12.8. The Hall–Kier alpha value is -1.59. The largest absolute Gasteiger partial charge is 0.389 e. The van der Waals surface area contributed by atoms with Crippen molar-refractivity contribution in [2.24, 2.45) is 0 Å². The van der Waals surface area contributed by atoms with Crippen molar-refractivity contribution in [3.05, 3.63) is 40.5 Å². The zero-order chi connectivity index (χ0) is 14.4. The van der Waals surface area contributed by atoms with Gasteiger partial charge in [0.2, 0.25) is 0 Å². The average molecular weight is 302 g/mol. The minimum Gasteiger partial charge on any atom is -0.389 e. The average Bonchev–Trinajstić information content (AvgIpc) is 3.09. The van der Waals surface area contributed by atoms with Crippen LogP contribution in [-0.4, -0.2) is 39.7 Å². The van der Waals surface area contributed by atoms with Crippen LogP contribution in [-0.2, 0) is 12.8 Å². The molecule has 1 N–H and O–H groups in total. The molecule has 0 atom stereocenters. The van der Waals surface area contributed by atoms with E-state index in [9.17, 15) is 9.90 Å². The lowest BCUT2D eigenvalue weighted by Crippen LogP contribution is -2.53. The Morgan fingerprint density at radius 3 is 2.62 bits per heavy atom. The van der Waals surface area contributed by atoms with Gasteiger partial charge in [-0.2, -0.15) is 0 Å². The van der Waals surface area contributed by atoms with Gasteiger partial charge < -0.3 is 14.6 Å². The molecule has 4 rings (SSSR count). The Balaban J connectivity index is 1.79. The molecular weight excluding hydrogens is 284 g/mol. The van der Waals surface area contributed by atoms with Gasteiger partial charge in [0.05, 0.1) is 11.7 Å². The van der Waals surface area contributed by atoms with E-state index < -0.39 is 0 Å². The Morgan fingerprint density at radius 2 is 1.90 bits per heavy atom. The molecular formula is C16H18N2O2S. The summed E-state index contributed by atoms with van der Waals surface area (Å²) in [4.78, 5) is 16.0. The van der Waals surface area contributed by atoms with Crippen LogP contribution >= 0.6 is 11.3 Å². The minimum atomic E-state index is -0.349. The molecule has 2 aliphatic rings. The quantitative estimate of drug-likeness (QED) is 0.924.